The molecule has 0 aliphatic rings. The van der Waals surface area contributed by atoms with Crippen molar-refractivity contribution in [2.24, 2.45) is 5.92 Å². The second-order valence-electron chi connectivity index (χ2n) is 7.76. The molecule has 5 nitrogen and oxygen atoms in total. The summed E-state index contributed by atoms with van der Waals surface area (Å²) in [6.45, 7) is 5.89. The fourth-order valence-electron chi connectivity index (χ4n) is 3.22. The van der Waals surface area contributed by atoms with Crippen LogP contribution in [-0.4, -0.2) is 34.2 Å². The van der Waals surface area contributed by atoms with Crippen molar-refractivity contribution in [3.05, 3.63) is 70.8 Å². The molecule has 1 unspecified atom stereocenters. The van der Waals surface area contributed by atoms with Gasteiger partial charge in [0.25, 0.3) is 0 Å². The quantitative estimate of drug-likeness (QED) is 0.583. The van der Waals surface area contributed by atoms with E-state index in [0.717, 1.165) is 17.5 Å². The fourth-order valence-corrected chi connectivity index (χ4v) is 3.22. The highest BCUT2D eigenvalue weighted by Gasteiger charge is 2.26. The van der Waals surface area contributed by atoms with Gasteiger partial charge in [0.15, 0.2) is 0 Å². The maximum absolute atomic E-state index is 11.7. The van der Waals surface area contributed by atoms with Crippen LogP contribution < -0.4 is 5.32 Å². The summed E-state index contributed by atoms with van der Waals surface area (Å²) in [7, 11) is 0. The van der Waals surface area contributed by atoms with Gasteiger partial charge in [0.05, 0.1) is 0 Å². The zero-order valence-electron chi connectivity index (χ0n) is 16.7. The smallest absolute Gasteiger partial charge is 0.321 e. The van der Waals surface area contributed by atoms with Crippen LogP contribution in [0.3, 0.4) is 0 Å². The Bertz CT molecular complexity index is 799. The first-order valence-corrected chi connectivity index (χ1v) is 9.59. The number of hydrogen-bond acceptors (Lipinski definition) is 3. The number of aliphatic carboxylic acids is 2. The minimum atomic E-state index is -1.04. The minimum absolute atomic E-state index is 0.154. The minimum Gasteiger partial charge on any atom is -0.480 e. The van der Waals surface area contributed by atoms with E-state index < -0.39 is 24.0 Å². The van der Waals surface area contributed by atoms with Crippen molar-refractivity contribution in [1.29, 1.82) is 0 Å². The predicted molar refractivity (Wildman–Crippen MR) is 110 cm³/mol. The molecule has 0 radical (unpaired) electrons. The average Bonchev–Trinajstić information content (AvgIpc) is 2.62. The standard InChI is InChI=1S/C23H29NO4/c1-15(2)11-20(22(25)26)24-21(23(27)28)14-19-6-4-5-18(13-19)12-17-9-7-16(3)8-10-17/h4-10,13,15,20-21,24H,11-12,14H2,1-3H3,(H,25,26)(H,27,28)/t20-,21?/m0/s1. The summed E-state index contributed by atoms with van der Waals surface area (Å²) in [6, 6.07) is 14.3. The largest absolute Gasteiger partial charge is 0.480 e. The summed E-state index contributed by atoms with van der Waals surface area (Å²) >= 11 is 0. The van der Waals surface area contributed by atoms with E-state index in [1.54, 1.807) is 0 Å². The van der Waals surface area contributed by atoms with E-state index in [9.17, 15) is 19.8 Å². The highest BCUT2D eigenvalue weighted by molar-refractivity contribution is 5.77. The average molecular weight is 383 g/mol. The highest BCUT2D eigenvalue weighted by Crippen LogP contribution is 2.15. The third-order valence-electron chi connectivity index (χ3n) is 4.67. The van der Waals surface area contributed by atoms with E-state index in [2.05, 4.69) is 29.6 Å². The first-order chi connectivity index (χ1) is 13.2. The van der Waals surface area contributed by atoms with E-state index in [1.165, 1.54) is 11.1 Å². The van der Waals surface area contributed by atoms with Gasteiger partial charge in [-0.25, -0.2) is 0 Å². The Kier molecular flexibility index (Phi) is 7.76. The van der Waals surface area contributed by atoms with Gasteiger partial charge in [0, 0.05) is 0 Å². The van der Waals surface area contributed by atoms with Crippen molar-refractivity contribution >= 4 is 11.9 Å². The van der Waals surface area contributed by atoms with Gasteiger partial charge in [0.2, 0.25) is 0 Å². The molecule has 0 amide bonds. The summed E-state index contributed by atoms with van der Waals surface area (Å²) in [6.07, 6.45) is 1.38. The van der Waals surface area contributed by atoms with Gasteiger partial charge >= 0.3 is 11.9 Å². The lowest BCUT2D eigenvalue weighted by Gasteiger charge is -2.22. The molecular formula is C23H29NO4. The van der Waals surface area contributed by atoms with Crippen LogP contribution in [0.15, 0.2) is 48.5 Å². The molecule has 0 heterocycles. The van der Waals surface area contributed by atoms with Gasteiger partial charge in [-0.15, -0.1) is 0 Å². The van der Waals surface area contributed by atoms with Crippen LogP contribution in [0, 0.1) is 12.8 Å². The Morgan fingerprint density at radius 1 is 0.893 bits per heavy atom. The Morgan fingerprint density at radius 3 is 2.07 bits per heavy atom. The molecule has 0 aliphatic carbocycles. The molecule has 150 valence electrons. The van der Waals surface area contributed by atoms with Crippen molar-refractivity contribution in [3.8, 4) is 0 Å². The van der Waals surface area contributed by atoms with E-state index in [4.69, 9.17) is 0 Å². The van der Waals surface area contributed by atoms with Gasteiger partial charge in [-0.2, -0.15) is 0 Å². The Balaban J connectivity index is 2.11. The lowest BCUT2D eigenvalue weighted by molar-refractivity contribution is -0.142. The lowest BCUT2D eigenvalue weighted by atomic mass is 9.97. The molecule has 0 saturated carbocycles. The van der Waals surface area contributed by atoms with Crippen LogP contribution in [0.5, 0.6) is 0 Å². The monoisotopic (exact) mass is 383 g/mol. The van der Waals surface area contributed by atoms with Crippen molar-refractivity contribution in [3.63, 3.8) is 0 Å². The van der Waals surface area contributed by atoms with E-state index >= 15 is 0 Å². The number of hydrogen-bond donors (Lipinski definition) is 3. The summed E-state index contributed by atoms with van der Waals surface area (Å²) in [5.74, 6) is -1.91. The molecule has 0 aliphatic heterocycles. The Morgan fingerprint density at radius 2 is 1.50 bits per heavy atom. The fraction of sp³-hybridized carbons (Fsp3) is 0.391. The van der Waals surface area contributed by atoms with E-state index in [1.807, 2.05) is 45.0 Å². The lowest BCUT2D eigenvalue weighted by Crippen LogP contribution is -2.48. The number of rotatable bonds is 10. The second-order valence-corrected chi connectivity index (χ2v) is 7.76. The molecule has 0 bridgehead atoms. The highest BCUT2D eigenvalue weighted by atomic mass is 16.4. The first-order valence-electron chi connectivity index (χ1n) is 9.59. The molecular weight excluding hydrogens is 354 g/mol. The van der Waals surface area contributed by atoms with Gasteiger partial charge < -0.3 is 10.2 Å². The number of carboxylic acid groups (broad SMARTS) is 2. The molecule has 2 aromatic carbocycles. The third kappa shape index (κ3) is 6.82. The number of benzene rings is 2. The molecule has 5 heteroatoms. The zero-order valence-corrected chi connectivity index (χ0v) is 16.7. The Labute approximate surface area is 166 Å². The van der Waals surface area contributed by atoms with E-state index in [0.29, 0.717) is 6.42 Å². The second kappa shape index (κ2) is 10.0. The van der Waals surface area contributed by atoms with Crippen molar-refractivity contribution in [2.75, 3.05) is 0 Å². The van der Waals surface area contributed by atoms with Crippen molar-refractivity contribution in [2.45, 2.75) is 52.1 Å². The van der Waals surface area contributed by atoms with Crippen LogP contribution in [0.1, 0.15) is 42.5 Å². The SMILES string of the molecule is Cc1ccc(Cc2cccc(CC(N[C@@H](CC(C)C)C(=O)O)C(=O)O)c2)cc1. The molecule has 0 fully saturated rings. The topological polar surface area (TPSA) is 86.6 Å². The summed E-state index contributed by atoms with van der Waals surface area (Å²) in [5.41, 5.74) is 4.38. The van der Waals surface area contributed by atoms with Gasteiger partial charge in [0.1, 0.15) is 12.1 Å². The number of nitrogens with one attached hydrogen (secondary N) is 1. The number of carboxylic acids is 2. The van der Waals surface area contributed by atoms with Crippen LogP contribution in [-0.2, 0) is 22.4 Å². The number of aryl methyl sites for hydroxylation is 1. The first kappa shape index (κ1) is 21.6. The molecule has 0 saturated heterocycles. The van der Waals surface area contributed by atoms with Gasteiger partial charge in [-0.3, -0.25) is 14.9 Å². The Hall–Kier alpha value is -2.66. The molecule has 2 atom stereocenters. The molecule has 2 rings (SSSR count). The maximum Gasteiger partial charge on any atom is 0.321 e. The van der Waals surface area contributed by atoms with Crippen molar-refractivity contribution in [1.82, 2.24) is 5.32 Å². The molecule has 0 aromatic heterocycles. The van der Waals surface area contributed by atoms with Crippen LogP contribution in [0.4, 0.5) is 0 Å². The number of carbonyl (C=O) groups is 2. The maximum atomic E-state index is 11.7. The molecule has 0 spiro atoms. The van der Waals surface area contributed by atoms with Crippen LogP contribution >= 0.6 is 0 Å². The van der Waals surface area contributed by atoms with Crippen LogP contribution in [0.25, 0.3) is 0 Å². The molecule has 2 aromatic rings. The van der Waals surface area contributed by atoms with Crippen molar-refractivity contribution < 1.29 is 19.8 Å². The molecule has 28 heavy (non-hydrogen) atoms. The van der Waals surface area contributed by atoms with Crippen LogP contribution in [0.2, 0.25) is 0 Å². The summed E-state index contributed by atoms with van der Waals surface area (Å²) in [4.78, 5) is 23.2. The third-order valence-corrected chi connectivity index (χ3v) is 4.67. The van der Waals surface area contributed by atoms with E-state index in [-0.39, 0.29) is 12.3 Å². The normalized spacial score (nSPS) is 13.3. The van der Waals surface area contributed by atoms with Gasteiger partial charge in [-0.1, -0.05) is 67.9 Å². The molecule has 3 N–H and O–H groups in total. The summed E-state index contributed by atoms with van der Waals surface area (Å²) in [5, 5.41) is 21.8. The zero-order chi connectivity index (χ0) is 20.7. The predicted octanol–water partition coefficient (Wildman–Crippen LogP) is 3.67. The summed E-state index contributed by atoms with van der Waals surface area (Å²) < 4.78 is 0. The van der Waals surface area contributed by atoms with Gasteiger partial charge in [-0.05, 0) is 48.8 Å².